The molecular formula is C31H33ClFNO5. The van der Waals surface area contributed by atoms with E-state index in [1.54, 1.807) is 24.3 Å². The van der Waals surface area contributed by atoms with Crippen LogP contribution < -0.4 is 0 Å². The zero-order chi connectivity index (χ0) is 27.8. The van der Waals surface area contributed by atoms with Crippen molar-refractivity contribution < 1.29 is 28.6 Å². The minimum absolute atomic E-state index is 0.0238. The van der Waals surface area contributed by atoms with Gasteiger partial charge in [-0.15, -0.1) is 0 Å². The molecule has 2 saturated heterocycles. The first-order valence-electron chi connectivity index (χ1n) is 13.2. The molecule has 2 fully saturated rings. The number of aryl methyl sites for hydroxylation is 1. The number of epoxide rings is 1. The second-order valence-electron chi connectivity index (χ2n) is 9.79. The van der Waals surface area contributed by atoms with E-state index < -0.39 is 12.3 Å². The van der Waals surface area contributed by atoms with Gasteiger partial charge in [0.1, 0.15) is 18.0 Å². The minimum atomic E-state index is -1.33. The zero-order valence-corrected chi connectivity index (χ0v) is 22.6. The van der Waals surface area contributed by atoms with Gasteiger partial charge in [0.15, 0.2) is 5.78 Å². The van der Waals surface area contributed by atoms with E-state index in [1.165, 1.54) is 35.4 Å². The molecule has 39 heavy (non-hydrogen) atoms. The summed E-state index contributed by atoms with van der Waals surface area (Å²) in [7, 11) is 0. The lowest BCUT2D eigenvalue weighted by atomic mass is 9.88. The summed E-state index contributed by atoms with van der Waals surface area (Å²) >= 11 is 5.90. The molecule has 206 valence electrons. The highest BCUT2D eigenvalue weighted by Gasteiger charge is 2.28. The SMILES string of the molecule is CCc1ccc(C2CO2)cc1.O=C(O)OC(CN1CCC(C(=O)c2ccc(F)cc2)CC1)c1ccc(Cl)cc1. The van der Waals surface area contributed by atoms with Crippen molar-refractivity contribution >= 4 is 23.5 Å². The van der Waals surface area contributed by atoms with Crippen molar-refractivity contribution in [2.45, 2.75) is 38.4 Å². The summed E-state index contributed by atoms with van der Waals surface area (Å²) in [4.78, 5) is 25.8. The number of rotatable bonds is 8. The van der Waals surface area contributed by atoms with E-state index in [2.05, 4.69) is 36.1 Å². The average molecular weight is 554 g/mol. The zero-order valence-electron chi connectivity index (χ0n) is 21.9. The predicted octanol–water partition coefficient (Wildman–Crippen LogP) is 7.13. The summed E-state index contributed by atoms with van der Waals surface area (Å²) in [5.74, 6) is -0.454. The van der Waals surface area contributed by atoms with Gasteiger partial charge in [0, 0.05) is 23.0 Å². The number of carboxylic acid groups (broad SMARTS) is 1. The van der Waals surface area contributed by atoms with E-state index in [-0.39, 0.29) is 17.5 Å². The Labute approximate surface area is 233 Å². The maximum Gasteiger partial charge on any atom is 0.506 e. The summed E-state index contributed by atoms with van der Waals surface area (Å²) in [6.45, 7) is 4.80. The normalized spacial score (nSPS) is 18.0. The summed E-state index contributed by atoms with van der Waals surface area (Å²) in [5.41, 5.74) is 3.97. The van der Waals surface area contributed by atoms with Crippen LogP contribution in [0.3, 0.4) is 0 Å². The maximum absolute atomic E-state index is 13.0. The number of nitrogens with zero attached hydrogens (tertiary/aromatic N) is 1. The van der Waals surface area contributed by atoms with Crippen molar-refractivity contribution in [1.29, 1.82) is 0 Å². The second kappa shape index (κ2) is 13.7. The molecule has 8 heteroatoms. The van der Waals surface area contributed by atoms with Crippen molar-refractivity contribution in [1.82, 2.24) is 4.90 Å². The summed E-state index contributed by atoms with van der Waals surface area (Å²) < 4.78 is 23.3. The highest BCUT2D eigenvalue weighted by molar-refractivity contribution is 6.30. The number of ketones is 1. The van der Waals surface area contributed by atoms with E-state index in [9.17, 15) is 14.0 Å². The molecule has 2 unspecified atom stereocenters. The fraction of sp³-hybridized carbons (Fsp3) is 0.355. The quantitative estimate of drug-likeness (QED) is 0.182. The van der Waals surface area contributed by atoms with Crippen LogP contribution >= 0.6 is 11.6 Å². The number of ether oxygens (including phenoxy) is 2. The Hall–Kier alpha value is -3.26. The van der Waals surface area contributed by atoms with Crippen LogP contribution in [0.25, 0.3) is 0 Å². The lowest BCUT2D eigenvalue weighted by molar-refractivity contribution is 0.0268. The van der Waals surface area contributed by atoms with Gasteiger partial charge < -0.3 is 14.6 Å². The van der Waals surface area contributed by atoms with E-state index in [0.29, 0.717) is 49.2 Å². The van der Waals surface area contributed by atoms with Gasteiger partial charge in [-0.2, -0.15) is 0 Å². The number of carbonyl (C=O) groups excluding carboxylic acids is 1. The van der Waals surface area contributed by atoms with Crippen molar-refractivity contribution in [2.75, 3.05) is 26.2 Å². The molecule has 0 saturated carbocycles. The topological polar surface area (TPSA) is 79.4 Å². The van der Waals surface area contributed by atoms with Gasteiger partial charge in [0.25, 0.3) is 0 Å². The Balaban J connectivity index is 0.000000265. The number of hydrogen-bond donors (Lipinski definition) is 1. The molecule has 0 radical (unpaired) electrons. The maximum atomic E-state index is 13.0. The summed E-state index contributed by atoms with van der Waals surface area (Å²) in [6.07, 6.45) is 0.889. The molecule has 0 bridgehead atoms. The van der Waals surface area contributed by atoms with Gasteiger partial charge >= 0.3 is 6.16 Å². The van der Waals surface area contributed by atoms with E-state index in [4.69, 9.17) is 26.2 Å². The molecule has 2 heterocycles. The van der Waals surface area contributed by atoms with Gasteiger partial charge in [-0.3, -0.25) is 9.69 Å². The first-order valence-corrected chi connectivity index (χ1v) is 13.6. The number of carbonyl (C=O) groups is 2. The first kappa shape index (κ1) is 28.7. The number of benzene rings is 3. The van der Waals surface area contributed by atoms with Crippen molar-refractivity contribution in [3.05, 3.63) is 106 Å². The number of likely N-dealkylation sites (tertiary alicyclic amines) is 1. The largest absolute Gasteiger partial charge is 0.506 e. The third kappa shape index (κ3) is 8.62. The molecule has 6 nitrogen and oxygen atoms in total. The Bertz CT molecular complexity index is 1220. The molecule has 0 aromatic heterocycles. The Morgan fingerprint density at radius 2 is 1.64 bits per heavy atom. The van der Waals surface area contributed by atoms with Crippen LogP contribution in [0.5, 0.6) is 0 Å². The lowest BCUT2D eigenvalue weighted by Crippen LogP contribution is -2.39. The van der Waals surface area contributed by atoms with Gasteiger partial charge in [0.2, 0.25) is 0 Å². The van der Waals surface area contributed by atoms with Crippen molar-refractivity contribution in [2.24, 2.45) is 5.92 Å². The standard InChI is InChI=1S/C21H21ClFNO4.C10H12O/c22-17-5-1-14(2-6-17)19(28-21(26)27)13-24-11-9-16(10-12-24)20(25)15-3-7-18(23)8-4-15;1-2-8-3-5-9(6-4-8)10-7-11-10/h1-8,16,19H,9-13H2,(H,26,27);3-6,10H,2,7H2,1H3. The smallest absolute Gasteiger partial charge is 0.450 e. The Kier molecular flexibility index (Phi) is 10.1. The molecule has 3 aromatic carbocycles. The van der Waals surface area contributed by atoms with E-state index >= 15 is 0 Å². The molecule has 0 spiro atoms. The van der Waals surface area contributed by atoms with Gasteiger partial charge in [-0.1, -0.05) is 54.9 Å². The molecule has 1 N–H and O–H groups in total. The number of halogens is 2. The third-order valence-corrected chi connectivity index (χ3v) is 7.34. The third-order valence-electron chi connectivity index (χ3n) is 7.09. The van der Waals surface area contributed by atoms with Crippen molar-refractivity contribution in [3.63, 3.8) is 0 Å². The second-order valence-corrected chi connectivity index (χ2v) is 10.2. The number of piperidine rings is 1. The monoisotopic (exact) mass is 553 g/mol. The molecule has 3 aromatic rings. The van der Waals surface area contributed by atoms with Gasteiger partial charge in [0.05, 0.1) is 6.61 Å². The highest BCUT2D eigenvalue weighted by Crippen LogP contribution is 2.29. The number of Topliss-reactive ketones (excluding diaryl/α,β-unsaturated/α-hetero) is 1. The lowest BCUT2D eigenvalue weighted by Gasteiger charge is -2.33. The van der Waals surface area contributed by atoms with Gasteiger partial charge in [-0.25, -0.2) is 9.18 Å². The van der Waals surface area contributed by atoms with Gasteiger partial charge in [-0.05, 0) is 85.4 Å². The van der Waals surface area contributed by atoms with Crippen molar-refractivity contribution in [3.8, 4) is 0 Å². The molecular weight excluding hydrogens is 521 g/mol. The minimum Gasteiger partial charge on any atom is -0.450 e. The summed E-state index contributed by atoms with van der Waals surface area (Å²) in [6, 6.07) is 21.2. The van der Waals surface area contributed by atoms with Crippen LogP contribution in [0.15, 0.2) is 72.8 Å². The molecule has 5 rings (SSSR count). The first-order chi connectivity index (χ1) is 18.8. The highest BCUT2D eigenvalue weighted by atomic mass is 35.5. The van der Waals surface area contributed by atoms with Crippen LogP contribution in [-0.2, 0) is 15.9 Å². The molecule has 0 aliphatic carbocycles. The summed E-state index contributed by atoms with van der Waals surface area (Å²) in [5, 5.41) is 9.62. The average Bonchev–Trinajstić information content (AvgIpc) is 3.80. The van der Waals surface area contributed by atoms with Crippen LogP contribution in [0.4, 0.5) is 9.18 Å². The predicted molar refractivity (Wildman–Crippen MR) is 148 cm³/mol. The Morgan fingerprint density at radius 3 is 2.18 bits per heavy atom. The molecule has 2 aliphatic rings. The van der Waals surface area contributed by atoms with Crippen LogP contribution in [0, 0.1) is 11.7 Å². The number of hydrogen-bond acceptors (Lipinski definition) is 5. The Morgan fingerprint density at radius 1 is 1.03 bits per heavy atom. The van der Waals surface area contributed by atoms with E-state index in [1.807, 2.05) is 0 Å². The van der Waals surface area contributed by atoms with Crippen LogP contribution in [0.1, 0.15) is 59.0 Å². The molecule has 2 atom stereocenters. The molecule has 2 aliphatic heterocycles. The van der Waals surface area contributed by atoms with Crippen LogP contribution in [-0.4, -0.2) is 48.2 Å². The molecule has 0 amide bonds. The van der Waals surface area contributed by atoms with Crippen LogP contribution in [0.2, 0.25) is 5.02 Å². The fourth-order valence-corrected chi connectivity index (χ4v) is 4.81. The fourth-order valence-electron chi connectivity index (χ4n) is 4.68. The van der Waals surface area contributed by atoms with E-state index in [0.717, 1.165) is 18.6 Å².